The molecular formula is C14H23NO. The molecule has 1 aromatic rings. The fraction of sp³-hybridized carbons (Fsp3) is 0.571. The van der Waals surface area contributed by atoms with Crippen LogP contribution in [0.25, 0.3) is 0 Å². The minimum absolute atomic E-state index is 0.533. The number of nitrogens with one attached hydrogen (secondary N) is 1. The Balaban J connectivity index is 2.17. The van der Waals surface area contributed by atoms with Crippen LogP contribution in [0.2, 0.25) is 0 Å². The molecule has 1 unspecified atom stereocenters. The largest absolute Gasteiger partial charge is 0.494 e. The summed E-state index contributed by atoms with van der Waals surface area (Å²) < 4.78 is 5.67. The Morgan fingerprint density at radius 1 is 1.25 bits per heavy atom. The van der Waals surface area contributed by atoms with E-state index in [9.17, 15) is 0 Å². The van der Waals surface area contributed by atoms with Crippen molar-refractivity contribution in [3.8, 4) is 5.75 Å². The van der Waals surface area contributed by atoms with Crippen LogP contribution >= 0.6 is 0 Å². The molecular weight excluding hydrogens is 198 g/mol. The van der Waals surface area contributed by atoms with Crippen LogP contribution in [0.5, 0.6) is 5.75 Å². The molecule has 0 saturated carbocycles. The van der Waals surface area contributed by atoms with Gasteiger partial charge in [0.25, 0.3) is 0 Å². The molecule has 0 aliphatic carbocycles. The Hall–Kier alpha value is -1.02. The average molecular weight is 221 g/mol. The normalized spacial score (nSPS) is 12.4. The van der Waals surface area contributed by atoms with Crippen molar-refractivity contribution in [1.29, 1.82) is 0 Å². The van der Waals surface area contributed by atoms with Crippen molar-refractivity contribution < 1.29 is 4.74 Å². The SMILES string of the molecule is CCCNC(C)CCOc1ccc(C)cc1. The second-order valence-corrected chi connectivity index (χ2v) is 4.31. The summed E-state index contributed by atoms with van der Waals surface area (Å²) >= 11 is 0. The lowest BCUT2D eigenvalue weighted by atomic mass is 10.2. The third-order valence-electron chi connectivity index (χ3n) is 2.58. The Kier molecular flexibility index (Phi) is 5.94. The molecule has 0 fully saturated rings. The summed E-state index contributed by atoms with van der Waals surface area (Å²) in [5.74, 6) is 0.966. The van der Waals surface area contributed by atoms with E-state index in [1.807, 2.05) is 12.1 Å². The summed E-state index contributed by atoms with van der Waals surface area (Å²) in [4.78, 5) is 0. The van der Waals surface area contributed by atoms with Crippen molar-refractivity contribution in [3.63, 3.8) is 0 Å². The standard InChI is InChI=1S/C14H23NO/c1-4-10-15-13(3)9-11-16-14-7-5-12(2)6-8-14/h5-8,13,15H,4,9-11H2,1-3H3. The summed E-state index contributed by atoms with van der Waals surface area (Å²) in [6, 6.07) is 8.74. The zero-order chi connectivity index (χ0) is 11.8. The van der Waals surface area contributed by atoms with E-state index >= 15 is 0 Å². The Bertz CT molecular complexity index is 281. The molecule has 0 radical (unpaired) electrons. The van der Waals surface area contributed by atoms with Crippen molar-refractivity contribution in [2.24, 2.45) is 0 Å². The molecule has 1 atom stereocenters. The van der Waals surface area contributed by atoms with Gasteiger partial charge < -0.3 is 10.1 Å². The zero-order valence-corrected chi connectivity index (χ0v) is 10.6. The van der Waals surface area contributed by atoms with Crippen molar-refractivity contribution in [2.75, 3.05) is 13.2 Å². The smallest absolute Gasteiger partial charge is 0.119 e. The highest BCUT2D eigenvalue weighted by Gasteiger charge is 2.00. The maximum atomic E-state index is 5.67. The van der Waals surface area contributed by atoms with Gasteiger partial charge >= 0.3 is 0 Å². The molecule has 0 spiro atoms. The van der Waals surface area contributed by atoms with Crippen molar-refractivity contribution >= 4 is 0 Å². The van der Waals surface area contributed by atoms with Gasteiger partial charge in [-0.05, 0) is 45.4 Å². The Morgan fingerprint density at radius 3 is 2.56 bits per heavy atom. The predicted octanol–water partition coefficient (Wildman–Crippen LogP) is 3.15. The Labute approximate surface area is 99.0 Å². The second-order valence-electron chi connectivity index (χ2n) is 4.31. The summed E-state index contributed by atoms with van der Waals surface area (Å²) in [6.45, 7) is 8.34. The van der Waals surface area contributed by atoms with Crippen molar-refractivity contribution in [2.45, 2.75) is 39.7 Å². The van der Waals surface area contributed by atoms with Crippen LogP contribution in [0, 0.1) is 6.92 Å². The van der Waals surface area contributed by atoms with Crippen LogP contribution in [0.1, 0.15) is 32.3 Å². The fourth-order valence-corrected chi connectivity index (χ4v) is 1.48. The minimum atomic E-state index is 0.533. The first-order valence-corrected chi connectivity index (χ1v) is 6.15. The summed E-state index contributed by atoms with van der Waals surface area (Å²) in [5, 5.41) is 3.45. The first-order valence-electron chi connectivity index (χ1n) is 6.15. The summed E-state index contributed by atoms with van der Waals surface area (Å²) in [6.07, 6.45) is 2.23. The first-order chi connectivity index (χ1) is 7.72. The molecule has 2 nitrogen and oxygen atoms in total. The molecule has 2 heteroatoms. The van der Waals surface area contributed by atoms with Crippen LogP contribution in [-0.2, 0) is 0 Å². The van der Waals surface area contributed by atoms with Crippen molar-refractivity contribution in [3.05, 3.63) is 29.8 Å². The topological polar surface area (TPSA) is 21.3 Å². The third kappa shape index (κ3) is 5.17. The molecule has 0 heterocycles. The number of ether oxygens (including phenoxy) is 1. The highest BCUT2D eigenvalue weighted by molar-refractivity contribution is 5.26. The van der Waals surface area contributed by atoms with Gasteiger partial charge in [0.1, 0.15) is 5.75 Å². The van der Waals surface area contributed by atoms with E-state index in [0.717, 1.165) is 25.3 Å². The van der Waals surface area contributed by atoms with E-state index in [1.54, 1.807) is 0 Å². The van der Waals surface area contributed by atoms with Gasteiger partial charge in [0.2, 0.25) is 0 Å². The number of benzene rings is 1. The lowest BCUT2D eigenvalue weighted by Gasteiger charge is -2.13. The molecule has 0 aromatic heterocycles. The molecule has 0 aliphatic heterocycles. The predicted molar refractivity (Wildman–Crippen MR) is 69.0 cm³/mol. The summed E-state index contributed by atoms with van der Waals surface area (Å²) in [5.41, 5.74) is 1.27. The number of aryl methyl sites for hydroxylation is 1. The maximum absolute atomic E-state index is 5.67. The molecule has 0 bridgehead atoms. The van der Waals surface area contributed by atoms with E-state index in [0.29, 0.717) is 6.04 Å². The van der Waals surface area contributed by atoms with Gasteiger partial charge in [-0.25, -0.2) is 0 Å². The highest BCUT2D eigenvalue weighted by Crippen LogP contribution is 2.11. The first kappa shape index (κ1) is 13.0. The molecule has 90 valence electrons. The maximum Gasteiger partial charge on any atom is 0.119 e. The number of hydrogen-bond acceptors (Lipinski definition) is 2. The molecule has 1 N–H and O–H groups in total. The molecule has 0 aliphatic rings. The van der Waals surface area contributed by atoms with Crippen LogP contribution in [0.4, 0.5) is 0 Å². The molecule has 0 amide bonds. The van der Waals surface area contributed by atoms with E-state index in [4.69, 9.17) is 4.74 Å². The van der Waals surface area contributed by atoms with Gasteiger partial charge in [0, 0.05) is 6.04 Å². The van der Waals surface area contributed by atoms with Gasteiger partial charge in [0.15, 0.2) is 0 Å². The minimum Gasteiger partial charge on any atom is -0.494 e. The second kappa shape index (κ2) is 7.29. The van der Waals surface area contributed by atoms with Gasteiger partial charge in [-0.3, -0.25) is 0 Å². The Morgan fingerprint density at radius 2 is 1.94 bits per heavy atom. The van der Waals surface area contributed by atoms with E-state index < -0.39 is 0 Å². The quantitative estimate of drug-likeness (QED) is 0.763. The molecule has 0 saturated heterocycles. The zero-order valence-electron chi connectivity index (χ0n) is 10.6. The molecule has 1 aromatic carbocycles. The number of hydrogen-bond donors (Lipinski definition) is 1. The average Bonchev–Trinajstić information content (AvgIpc) is 2.29. The number of rotatable bonds is 7. The molecule has 1 rings (SSSR count). The van der Waals surface area contributed by atoms with Crippen LogP contribution in [0.3, 0.4) is 0 Å². The van der Waals surface area contributed by atoms with Crippen LogP contribution in [-0.4, -0.2) is 19.2 Å². The highest BCUT2D eigenvalue weighted by atomic mass is 16.5. The van der Waals surface area contributed by atoms with E-state index in [-0.39, 0.29) is 0 Å². The van der Waals surface area contributed by atoms with E-state index in [2.05, 4.69) is 38.2 Å². The van der Waals surface area contributed by atoms with Gasteiger partial charge in [0.05, 0.1) is 6.61 Å². The third-order valence-corrected chi connectivity index (χ3v) is 2.58. The van der Waals surface area contributed by atoms with Gasteiger partial charge in [-0.1, -0.05) is 24.6 Å². The van der Waals surface area contributed by atoms with Crippen LogP contribution in [0.15, 0.2) is 24.3 Å². The van der Waals surface area contributed by atoms with E-state index in [1.165, 1.54) is 12.0 Å². The van der Waals surface area contributed by atoms with Gasteiger partial charge in [-0.15, -0.1) is 0 Å². The van der Waals surface area contributed by atoms with Crippen molar-refractivity contribution in [1.82, 2.24) is 5.32 Å². The molecule has 16 heavy (non-hydrogen) atoms. The van der Waals surface area contributed by atoms with Gasteiger partial charge in [-0.2, -0.15) is 0 Å². The lowest BCUT2D eigenvalue weighted by Crippen LogP contribution is -2.28. The lowest BCUT2D eigenvalue weighted by molar-refractivity contribution is 0.290. The summed E-state index contributed by atoms with van der Waals surface area (Å²) in [7, 11) is 0. The monoisotopic (exact) mass is 221 g/mol. The fourth-order valence-electron chi connectivity index (χ4n) is 1.48. The van der Waals surface area contributed by atoms with Crippen LogP contribution < -0.4 is 10.1 Å².